The molecule has 1 aromatic heterocycles. The molecular formula is C17H22ClNS. The van der Waals surface area contributed by atoms with Crippen LogP contribution < -0.4 is 5.32 Å². The summed E-state index contributed by atoms with van der Waals surface area (Å²) in [5.41, 5.74) is 2.73. The second kappa shape index (κ2) is 7.82. The molecule has 1 unspecified atom stereocenters. The molecule has 0 radical (unpaired) electrons. The highest BCUT2D eigenvalue weighted by Gasteiger charge is 2.11. The number of hydrogen-bond donors (Lipinski definition) is 1. The average Bonchev–Trinajstić information content (AvgIpc) is 2.81. The van der Waals surface area contributed by atoms with Gasteiger partial charge in [0.2, 0.25) is 0 Å². The van der Waals surface area contributed by atoms with Gasteiger partial charge in [0.25, 0.3) is 0 Å². The van der Waals surface area contributed by atoms with Crippen LogP contribution in [0.2, 0.25) is 4.34 Å². The van der Waals surface area contributed by atoms with Crippen molar-refractivity contribution in [1.82, 2.24) is 5.32 Å². The van der Waals surface area contributed by atoms with Gasteiger partial charge in [-0.2, -0.15) is 0 Å². The van der Waals surface area contributed by atoms with Crippen molar-refractivity contribution in [2.45, 2.75) is 39.2 Å². The summed E-state index contributed by atoms with van der Waals surface area (Å²) in [7, 11) is 0. The highest BCUT2D eigenvalue weighted by molar-refractivity contribution is 7.16. The van der Waals surface area contributed by atoms with E-state index in [0.29, 0.717) is 6.04 Å². The van der Waals surface area contributed by atoms with E-state index >= 15 is 0 Å². The fraction of sp³-hybridized carbons (Fsp3) is 0.412. The zero-order valence-corrected chi connectivity index (χ0v) is 13.7. The third kappa shape index (κ3) is 4.93. The monoisotopic (exact) mass is 307 g/mol. The van der Waals surface area contributed by atoms with Gasteiger partial charge >= 0.3 is 0 Å². The van der Waals surface area contributed by atoms with Crippen molar-refractivity contribution in [3.63, 3.8) is 0 Å². The predicted octanol–water partition coefficient (Wildman–Crippen LogP) is 4.86. The Balaban J connectivity index is 2.02. The van der Waals surface area contributed by atoms with Crippen LogP contribution >= 0.6 is 22.9 Å². The molecule has 0 aliphatic heterocycles. The summed E-state index contributed by atoms with van der Waals surface area (Å²) in [6.07, 6.45) is 3.28. The van der Waals surface area contributed by atoms with Gasteiger partial charge in [0, 0.05) is 10.9 Å². The van der Waals surface area contributed by atoms with E-state index in [9.17, 15) is 0 Å². The number of nitrogens with one attached hydrogen (secondary N) is 1. The van der Waals surface area contributed by atoms with Gasteiger partial charge in [-0.1, -0.05) is 48.4 Å². The summed E-state index contributed by atoms with van der Waals surface area (Å²) in [5, 5.41) is 3.66. The van der Waals surface area contributed by atoms with Crippen LogP contribution in [-0.4, -0.2) is 12.6 Å². The highest BCUT2D eigenvalue weighted by atomic mass is 35.5. The van der Waals surface area contributed by atoms with Gasteiger partial charge in [-0.05, 0) is 50.4 Å². The first kappa shape index (κ1) is 15.6. The van der Waals surface area contributed by atoms with Crippen LogP contribution in [0.3, 0.4) is 0 Å². The molecule has 0 spiro atoms. The maximum atomic E-state index is 6.03. The van der Waals surface area contributed by atoms with Gasteiger partial charge in [-0.3, -0.25) is 0 Å². The number of halogens is 1. The van der Waals surface area contributed by atoms with Gasteiger partial charge in [0.15, 0.2) is 0 Å². The van der Waals surface area contributed by atoms with Gasteiger partial charge < -0.3 is 5.32 Å². The van der Waals surface area contributed by atoms with E-state index in [2.05, 4.69) is 49.5 Å². The lowest BCUT2D eigenvalue weighted by Crippen LogP contribution is -2.33. The molecule has 3 heteroatoms. The average molecular weight is 308 g/mol. The van der Waals surface area contributed by atoms with Gasteiger partial charge in [-0.15, -0.1) is 11.3 Å². The summed E-state index contributed by atoms with van der Waals surface area (Å²) < 4.78 is 0.879. The topological polar surface area (TPSA) is 12.0 Å². The first-order chi connectivity index (χ1) is 9.67. The number of rotatable bonds is 7. The predicted molar refractivity (Wildman–Crippen MR) is 90.0 cm³/mol. The van der Waals surface area contributed by atoms with E-state index < -0.39 is 0 Å². The molecule has 0 saturated carbocycles. The largest absolute Gasteiger partial charge is 0.313 e. The van der Waals surface area contributed by atoms with Gasteiger partial charge in [0.05, 0.1) is 4.34 Å². The lowest BCUT2D eigenvalue weighted by atomic mass is 10.0. The molecule has 2 rings (SSSR count). The molecule has 0 bridgehead atoms. The lowest BCUT2D eigenvalue weighted by molar-refractivity contribution is 0.507. The molecule has 1 N–H and O–H groups in total. The second-order valence-corrected chi connectivity index (χ2v) is 7.05. The van der Waals surface area contributed by atoms with Crippen molar-refractivity contribution >= 4 is 22.9 Å². The van der Waals surface area contributed by atoms with Crippen molar-refractivity contribution in [3.05, 3.63) is 56.7 Å². The van der Waals surface area contributed by atoms with E-state index in [1.54, 1.807) is 11.3 Å². The van der Waals surface area contributed by atoms with Crippen LogP contribution in [0.5, 0.6) is 0 Å². The molecule has 1 heterocycles. The third-order valence-electron chi connectivity index (χ3n) is 3.32. The van der Waals surface area contributed by atoms with Crippen molar-refractivity contribution in [2.24, 2.45) is 0 Å². The van der Waals surface area contributed by atoms with Gasteiger partial charge in [0.1, 0.15) is 0 Å². The molecule has 1 aromatic carbocycles. The number of thiophene rings is 1. The van der Waals surface area contributed by atoms with E-state index in [4.69, 9.17) is 11.6 Å². The van der Waals surface area contributed by atoms with Crippen LogP contribution in [0.15, 0.2) is 36.4 Å². The summed E-state index contributed by atoms with van der Waals surface area (Å²) in [6, 6.07) is 13.4. The molecule has 0 fully saturated rings. The summed E-state index contributed by atoms with van der Waals surface area (Å²) in [6.45, 7) is 5.42. The molecule has 108 valence electrons. The molecule has 0 saturated heterocycles. The quantitative estimate of drug-likeness (QED) is 0.770. The van der Waals surface area contributed by atoms with E-state index in [-0.39, 0.29) is 0 Å². The second-order valence-electron chi connectivity index (χ2n) is 5.25. The maximum absolute atomic E-state index is 6.03. The Morgan fingerprint density at radius 3 is 2.70 bits per heavy atom. The molecule has 2 aromatic rings. The Morgan fingerprint density at radius 1 is 1.20 bits per heavy atom. The summed E-state index contributed by atoms with van der Waals surface area (Å²) in [5.74, 6) is 0. The Kier molecular flexibility index (Phi) is 6.08. The normalized spacial score (nSPS) is 12.6. The third-order valence-corrected chi connectivity index (χ3v) is 4.58. The molecule has 0 amide bonds. The SMILES string of the molecule is CCCNC(Cc1cccc(C)c1)Cc1ccc(Cl)s1. The standard InChI is InChI=1S/C17H22ClNS/c1-3-9-19-15(12-16-7-8-17(18)20-16)11-14-6-4-5-13(2)10-14/h4-8,10,15,19H,3,9,11-12H2,1-2H3. The Labute approximate surface area is 131 Å². The molecule has 1 nitrogen and oxygen atoms in total. The number of aryl methyl sites for hydroxylation is 1. The first-order valence-corrected chi connectivity index (χ1v) is 8.40. The van der Waals surface area contributed by atoms with E-state index in [1.165, 1.54) is 16.0 Å². The van der Waals surface area contributed by atoms with Crippen LogP contribution in [0.25, 0.3) is 0 Å². The van der Waals surface area contributed by atoms with Crippen LogP contribution in [0.4, 0.5) is 0 Å². The highest BCUT2D eigenvalue weighted by Crippen LogP contribution is 2.23. The molecule has 20 heavy (non-hydrogen) atoms. The lowest BCUT2D eigenvalue weighted by Gasteiger charge is -2.18. The summed E-state index contributed by atoms with van der Waals surface area (Å²) >= 11 is 7.72. The first-order valence-electron chi connectivity index (χ1n) is 7.20. The fourth-order valence-corrected chi connectivity index (χ4v) is 3.56. The van der Waals surface area contributed by atoms with Crippen LogP contribution in [-0.2, 0) is 12.8 Å². The molecule has 0 aliphatic carbocycles. The number of benzene rings is 1. The summed E-state index contributed by atoms with van der Waals surface area (Å²) in [4.78, 5) is 1.36. The minimum atomic E-state index is 0.478. The van der Waals surface area contributed by atoms with Crippen LogP contribution in [0.1, 0.15) is 29.3 Å². The maximum Gasteiger partial charge on any atom is 0.0931 e. The zero-order valence-electron chi connectivity index (χ0n) is 12.2. The van der Waals surface area contributed by atoms with Gasteiger partial charge in [-0.25, -0.2) is 0 Å². The zero-order chi connectivity index (χ0) is 14.4. The smallest absolute Gasteiger partial charge is 0.0931 e. The Morgan fingerprint density at radius 2 is 2.05 bits per heavy atom. The van der Waals surface area contributed by atoms with Crippen molar-refractivity contribution in [2.75, 3.05) is 6.54 Å². The minimum Gasteiger partial charge on any atom is -0.313 e. The Bertz CT molecular complexity index is 535. The van der Waals surface area contributed by atoms with Crippen LogP contribution in [0, 0.1) is 6.92 Å². The van der Waals surface area contributed by atoms with E-state index in [0.717, 1.165) is 30.1 Å². The van der Waals surface area contributed by atoms with Crippen molar-refractivity contribution < 1.29 is 0 Å². The van der Waals surface area contributed by atoms with Crippen molar-refractivity contribution in [1.29, 1.82) is 0 Å². The molecular weight excluding hydrogens is 286 g/mol. The Hall–Kier alpha value is -0.830. The van der Waals surface area contributed by atoms with Crippen molar-refractivity contribution in [3.8, 4) is 0 Å². The minimum absolute atomic E-state index is 0.478. The van der Waals surface area contributed by atoms with E-state index in [1.807, 2.05) is 6.07 Å². The molecule has 1 atom stereocenters. The number of hydrogen-bond acceptors (Lipinski definition) is 2. The molecule has 0 aliphatic rings. The fourth-order valence-electron chi connectivity index (χ4n) is 2.39.